The third-order valence-corrected chi connectivity index (χ3v) is 6.95. The summed E-state index contributed by atoms with van der Waals surface area (Å²) in [5, 5.41) is 3.90. The van der Waals surface area contributed by atoms with Gasteiger partial charge in [0.1, 0.15) is 0 Å². The van der Waals surface area contributed by atoms with Gasteiger partial charge in [0.25, 0.3) is 0 Å². The van der Waals surface area contributed by atoms with Crippen molar-refractivity contribution in [1.82, 2.24) is 4.90 Å². The molecule has 0 aromatic heterocycles. The molecule has 3 aliphatic heterocycles. The maximum atomic E-state index is 3.90. The van der Waals surface area contributed by atoms with Crippen LogP contribution in [0.3, 0.4) is 0 Å². The van der Waals surface area contributed by atoms with Crippen LogP contribution in [0, 0.1) is 11.8 Å². The second-order valence-corrected chi connectivity index (χ2v) is 7.44. The van der Waals surface area contributed by atoms with Crippen LogP contribution in [0.15, 0.2) is 24.3 Å². The van der Waals surface area contributed by atoms with E-state index in [4.69, 9.17) is 0 Å². The third kappa shape index (κ3) is 1.21. The lowest BCUT2D eigenvalue weighted by molar-refractivity contribution is 0.0207. The average molecular weight is 268 g/mol. The fraction of sp³-hybridized carbons (Fsp3) is 0.667. The van der Waals surface area contributed by atoms with Crippen molar-refractivity contribution >= 4 is 5.69 Å². The van der Waals surface area contributed by atoms with Crippen LogP contribution in [0.25, 0.3) is 0 Å². The first-order valence-electron chi connectivity index (χ1n) is 8.43. The monoisotopic (exact) mass is 268 g/mol. The Labute approximate surface area is 121 Å². The van der Waals surface area contributed by atoms with Crippen molar-refractivity contribution in [3.8, 4) is 0 Å². The molecule has 3 fully saturated rings. The Morgan fingerprint density at radius 1 is 1.30 bits per heavy atom. The van der Waals surface area contributed by atoms with E-state index in [1.165, 1.54) is 44.5 Å². The second kappa shape index (κ2) is 3.79. The number of fused-ring (bicyclic) bond motifs is 2. The molecule has 20 heavy (non-hydrogen) atoms. The quantitative estimate of drug-likeness (QED) is 0.841. The molecular formula is C18H24N2. The molecule has 1 spiro atoms. The smallest absolute Gasteiger partial charge is 0.0382 e. The molecule has 2 bridgehead atoms. The Bertz CT molecular complexity index is 554. The van der Waals surface area contributed by atoms with E-state index in [1.807, 2.05) is 0 Å². The highest BCUT2D eigenvalue weighted by Gasteiger charge is 2.62. The van der Waals surface area contributed by atoms with Gasteiger partial charge in [-0.05, 0) is 49.3 Å². The summed E-state index contributed by atoms with van der Waals surface area (Å²) in [6, 6.07) is 10.6. The molecule has 0 amide bonds. The number of piperidine rings is 1. The summed E-state index contributed by atoms with van der Waals surface area (Å²) in [6.07, 6.45) is 5.58. The lowest BCUT2D eigenvalue weighted by Gasteiger charge is -2.53. The fourth-order valence-electron chi connectivity index (χ4n) is 6.05. The molecule has 5 atom stereocenters. The van der Waals surface area contributed by atoms with Crippen LogP contribution in [0.2, 0.25) is 0 Å². The van der Waals surface area contributed by atoms with Crippen LogP contribution < -0.4 is 5.32 Å². The van der Waals surface area contributed by atoms with Crippen LogP contribution in [0.1, 0.15) is 38.2 Å². The molecular weight excluding hydrogens is 244 g/mol. The van der Waals surface area contributed by atoms with Gasteiger partial charge < -0.3 is 5.32 Å². The first kappa shape index (κ1) is 11.6. The van der Waals surface area contributed by atoms with Gasteiger partial charge in [0.05, 0.1) is 0 Å². The highest BCUT2D eigenvalue weighted by molar-refractivity contribution is 5.64. The highest BCUT2D eigenvalue weighted by atomic mass is 15.2. The van der Waals surface area contributed by atoms with Gasteiger partial charge in [0, 0.05) is 29.7 Å². The Hall–Kier alpha value is -1.02. The first-order chi connectivity index (χ1) is 9.83. The van der Waals surface area contributed by atoms with Crippen molar-refractivity contribution in [2.75, 3.05) is 18.4 Å². The maximum Gasteiger partial charge on any atom is 0.0382 e. The Kier molecular flexibility index (Phi) is 2.20. The van der Waals surface area contributed by atoms with Crippen LogP contribution >= 0.6 is 0 Å². The minimum absolute atomic E-state index is 0.436. The maximum absolute atomic E-state index is 3.90. The topological polar surface area (TPSA) is 15.3 Å². The van der Waals surface area contributed by atoms with E-state index in [1.54, 1.807) is 5.56 Å². The summed E-state index contributed by atoms with van der Waals surface area (Å²) in [7, 11) is 0. The minimum atomic E-state index is 0.436. The zero-order valence-electron chi connectivity index (χ0n) is 12.3. The third-order valence-electron chi connectivity index (χ3n) is 6.95. The van der Waals surface area contributed by atoms with Crippen molar-refractivity contribution in [2.24, 2.45) is 11.8 Å². The fourth-order valence-corrected chi connectivity index (χ4v) is 6.05. The lowest BCUT2D eigenvalue weighted by atomic mass is 9.59. The SMILES string of the molecule is CC[C@@H]1CN2CC[C@]34c5ccccc5N[C@H]3C[C@H]1C[C@H]24. The van der Waals surface area contributed by atoms with E-state index in [0.29, 0.717) is 11.5 Å². The van der Waals surface area contributed by atoms with E-state index in [9.17, 15) is 0 Å². The minimum Gasteiger partial charge on any atom is -0.381 e. The zero-order valence-corrected chi connectivity index (χ0v) is 12.3. The van der Waals surface area contributed by atoms with Gasteiger partial charge in [-0.2, -0.15) is 0 Å². The Morgan fingerprint density at radius 3 is 3.10 bits per heavy atom. The van der Waals surface area contributed by atoms with Gasteiger partial charge in [-0.3, -0.25) is 4.90 Å². The molecule has 106 valence electrons. The molecule has 1 aromatic rings. The van der Waals surface area contributed by atoms with Gasteiger partial charge >= 0.3 is 0 Å². The van der Waals surface area contributed by atoms with Gasteiger partial charge in [-0.1, -0.05) is 31.5 Å². The van der Waals surface area contributed by atoms with E-state index >= 15 is 0 Å². The molecule has 0 radical (unpaired) electrons. The molecule has 1 aromatic carbocycles. The highest BCUT2D eigenvalue weighted by Crippen LogP contribution is 2.59. The molecule has 1 saturated carbocycles. The number of rotatable bonds is 1. The van der Waals surface area contributed by atoms with Gasteiger partial charge in [0.15, 0.2) is 0 Å². The molecule has 3 heterocycles. The van der Waals surface area contributed by atoms with Gasteiger partial charge in [-0.15, -0.1) is 0 Å². The number of nitrogens with zero attached hydrogens (tertiary/aromatic N) is 1. The number of nitrogens with one attached hydrogen (secondary N) is 1. The average Bonchev–Trinajstić information content (AvgIpc) is 3.02. The molecule has 1 N–H and O–H groups in total. The molecule has 4 aliphatic rings. The number of hydrogen-bond donors (Lipinski definition) is 1. The number of para-hydroxylation sites is 1. The summed E-state index contributed by atoms with van der Waals surface area (Å²) in [4.78, 5) is 2.83. The van der Waals surface area contributed by atoms with Crippen LogP contribution in [-0.2, 0) is 5.41 Å². The van der Waals surface area contributed by atoms with Crippen molar-refractivity contribution in [3.63, 3.8) is 0 Å². The normalized spacial score (nSPS) is 44.9. The predicted molar refractivity (Wildman–Crippen MR) is 82.0 cm³/mol. The van der Waals surface area contributed by atoms with Crippen molar-refractivity contribution in [3.05, 3.63) is 29.8 Å². The van der Waals surface area contributed by atoms with E-state index < -0.39 is 0 Å². The van der Waals surface area contributed by atoms with Crippen LogP contribution in [0.4, 0.5) is 5.69 Å². The summed E-state index contributed by atoms with van der Waals surface area (Å²) < 4.78 is 0. The molecule has 2 nitrogen and oxygen atoms in total. The summed E-state index contributed by atoms with van der Waals surface area (Å²) in [6.45, 7) is 5.07. The summed E-state index contributed by atoms with van der Waals surface area (Å²) in [5.74, 6) is 1.90. The van der Waals surface area contributed by atoms with Gasteiger partial charge in [0.2, 0.25) is 0 Å². The predicted octanol–water partition coefficient (Wildman–Crippen LogP) is 3.24. The molecule has 2 saturated heterocycles. The molecule has 1 aliphatic carbocycles. The second-order valence-electron chi connectivity index (χ2n) is 7.44. The Morgan fingerprint density at radius 2 is 2.20 bits per heavy atom. The van der Waals surface area contributed by atoms with Crippen molar-refractivity contribution in [1.29, 1.82) is 0 Å². The van der Waals surface area contributed by atoms with E-state index in [0.717, 1.165) is 17.9 Å². The largest absolute Gasteiger partial charge is 0.381 e. The number of hydrogen-bond acceptors (Lipinski definition) is 2. The van der Waals surface area contributed by atoms with Crippen molar-refractivity contribution < 1.29 is 0 Å². The molecule has 2 heteroatoms. The summed E-state index contributed by atoms with van der Waals surface area (Å²) in [5.41, 5.74) is 3.50. The van der Waals surface area contributed by atoms with E-state index in [-0.39, 0.29) is 0 Å². The van der Waals surface area contributed by atoms with Crippen LogP contribution in [0.5, 0.6) is 0 Å². The Balaban J connectivity index is 1.64. The molecule has 0 unspecified atom stereocenters. The summed E-state index contributed by atoms with van der Waals surface area (Å²) >= 11 is 0. The lowest BCUT2D eigenvalue weighted by Crippen LogP contribution is -2.59. The van der Waals surface area contributed by atoms with E-state index in [2.05, 4.69) is 41.4 Å². The first-order valence-corrected chi connectivity index (χ1v) is 8.43. The van der Waals surface area contributed by atoms with Gasteiger partial charge in [-0.25, -0.2) is 0 Å². The zero-order chi connectivity index (χ0) is 13.3. The number of anilines is 1. The number of benzene rings is 1. The van der Waals surface area contributed by atoms with Crippen molar-refractivity contribution in [2.45, 2.75) is 50.1 Å². The molecule has 5 rings (SSSR count). The standard InChI is InChI=1S/C18H24N2/c1-2-12-11-20-8-7-18-14-5-3-4-6-15(14)19-16(18)9-13(12)10-17(18)20/h3-6,12-13,16-17,19H,2,7-11H2,1H3/t12-,13+,16+,17+,18+/m1/s1. The van der Waals surface area contributed by atoms with Crippen LogP contribution in [-0.4, -0.2) is 30.1 Å².